The maximum atomic E-state index is 14.1. The first-order valence-corrected chi connectivity index (χ1v) is 5.59. The second-order valence-electron chi connectivity index (χ2n) is 3.64. The number of benzene rings is 1. The van der Waals surface area contributed by atoms with E-state index in [9.17, 15) is 9.18 Å². The van der Waals surface area contributed by atoms with Gasteiger partial charge in [0.1, 0.15) is 5.69 Å². The van der Waals surface area contributed by atoms with E-state index in [4.69, 9.17) is 4.74 Å². The fraction of sp³-hybridized carbons (Fsp3) is 0.143. The van der Waals surface area contributed by atoms with Gasteiger partial charge >= 0.3 is 0 Å². The number of aldehydes is 1. The van der Waals surface area contributed by atoms with Gasteiger partial charge in [0.15, 0.2) is 17.9 Å². The van der Waals surface area contributed by atoms with Crippen LogP contribution in [0.5, 0.6) is 5.75 Å². The minimum absolute atomic E-state index is 0.217. The summed E-state index contributed by atoms with van der Waals surface area (Å²) in [6.45, 7) is 2.20. The minimum atomic E-state index is -0.417. The van der Waals surface area contributed by atoms with Crippen LogP contribution in [0, 0.1) is 5.82 Å². The third-order valence-corrected chi connectivity index (χ3v) is 2.48. The molecule has 1 heterocycles. The summed E-state index contributed by atoms with van der Waals surface area (Å²) < 4.78 is 19.3. The highest BCUT2D eigenvalue weighted by molar-refractivity contribution is 5.73. The molecule has 0 aliphatic carbocycles. The summed E-state index contributed by atoms with van der Waals surface area (Å²) in [5.74, 6) is -0.200. The molecule has 0 fully saturated rings. The summed E-state index contributed by atoms with van der Waals surface area (Å²) in [7, 11) is 0. The van der Waals surface area contributed by atoms with Crippen molar-refractivity contribution in [2.75, 3.05) is 6.61 Å². The Morgan fingerprint density at radius 1 is 1.33 bits per heavy atom. The Kier molecular flexibility index (Phi) is 3.67. The molecule has 0 saturated carbocycles. The van der Waals surface area contributed by atoms with E-state index in [0.717, 1.165) is 0 Å². The van der Waals surface area contributed by atoms with E-state index in [1.165, 1.54) is 6.20 Å². The molecule has 92 valence electrons. The van der Waals surface area contributed by atoms with Gasteiger partial charge in [-0.3, -0.25) is 9.78 Å². The van der Waals surface area contributed by atoms with Gasteiger partial charge in [-0.25, -0.2) is 4.39 Å². The number of ether oxygens (including phenoxy) is 1. The molecule has 0 amide bonds. The number of pyridine rings is 1. The molecule has 18 heavy (non-hydrogen) atoms. The molecule has 0 aliphatic rings. The van der Waals surface area contributed by atoms with Crippen LogP contribution < -0.4 is 4.74 Å². The third kappa shape index (κ3) is 2.37. The predicted molar refractivity (Wildman–Crippen MR) is 66.2 cm³/mol. The minimum Gasteiger partial charge on any atom is -0.491 e. The van der Waals surface area contributed by atoms with Crippen LogP contribution in [0.4, 0.5) is 4.39 Å². The van der Waals surface area contributed by atoms with Crippen LogP contribution in [-0.2, 0) is 0 Å². The van der Waals surface area contributed by atoms with Crippen LogP contribution in [0.1, 0.15) is 17.4 Å². The average molecular weight is 245 g/mol. The van der Waals surface area contributed by atoms with Gasteiger partial charge in [0.25, 0.3) is 0 Å². The number of hydrogen-bond donors (Lipinski definition) is 0. The van der Waals surface area contributed by atoms with E-state index >= 15 is 0 Å². The summed E-state index contributed by atoms with van der Waals surface area (Å²) in [4.78, 5) is 14.4. The lowest BCUT2D eigenvalue weighted by Crippen LogP contribution is -1.96. The molecule has 0 radical (unpaired) electrons. The standard InChI is InChI=1S/C14H12FNO2/c1-2-18-13-5-3-4-12(14(13)15)10-6-7-11(9-17)16-8-10/h3-9H,2H2,1H3. The van der Waals surface area contributed by atoms with Gasteiger partial charge in [-0.15, -0.1) is 0 Å². The van der Waals surface area contributed by atoms with Crippen molar-refractivity contribution >= 4 is 6.29 Å². The Labute approximate surface area is 104 Å². The van der Waals surface area contributed by atoms with Crippen molar-refractivity contribution in [2.45, 2.75) is 6.92 Å². The highest BCUT2D eigenvalue weighted by atomic mass is 19.1. The smallest absolute Gasteiger partial charge is 0.172 e. The molecule has 4 heteroatoms. The van der Waals surface area contributed by atoms with E-state index in [1.807, 2.05) is 0 Å². The first kappa shape index (κ1) is 12.2. The number of carbonyl (C=O) groups is 1. The van der Waals surface area contributed by atoms with Crippen molar-refractivity contribution < 1.29 is 13.9 Å². The fourth-order valence-corrected chi connectivity index (χ4v) is 1.64. The zero-order chi connectivity index (χ0) is 13.0. The summed E-state index contributed by atoms with van der Waals surface area (Å²) in [5.41, 5.74) is 1.34. The van der Waals surface area contributed by atoms with Gasteiger partial charge in [0, 0.05) is 17.3 Å². The van der Waals surface area contributed by atoms with E-state index in [2.05, 4.69) is 4.98 Å². The second-order valence-corrected chi connectivity index (χ2v) is 3.64. The van der Waals surface area contributed by atoms with E-state index in [0.29, 0.717) is 29.7 Å². The lowest BCUT2D eigenvalue weighted by Gasteiger charge is -2.08. The monoisotopic (exact) mass is 245 g/mol. The largest absolute Gasteiger partial charge is 0.491 e. The molecule has 0 unspecified atom stereocenters. The highest BCUT2D eigenvalue weighted by Crippen LogP contribution is 2.28. The summed E-state index contributed by atoms with van der Waals surface area (Å²) in [6, 6.07) is 8.15. The SMILES string of the molecule is CCOc1cccc(-c2ccc(C=O)nc2)c1F. The molecular formula is C14H12FNO2. The van der Waals surface area contributed by atoms with Gasteiger partial charge in [0.2, 0.25) is 0 Å². The third-order valence-electron chi connectivity index (χ3n) is 2.48. The quantitative estimate of drug-likeness (QED) is 0.777. The zero-order valence-corrected chi connectivity index (χ0v) is 9.89. The van der Waals surface area contributed by atoms with Crippen LogP contribution in [0.3, 0.4) is 0 Å². The number of halogens is 1. The van der Waals surface area contributed by atoms with Crippen molar-refractivity contribution in [3.8, 4) is 16.9 Å². The molecule has 1 aromatic carbocycles. The van der Waals surface area contributed by atoms with Gasteiger partial charge in [-0.2, -0.15) is 0 Å². The van der Waals surface area contributed by atoms with Crippen molar-refractivity contribution in [3.63, 3.8) is 0 Å². The topological polar surface area (TPSA) is 39.2 Å². The van der Waals surface area contributed by atoms with E-state index in [-0.39, 0.29) is 5.75 Å². The lowest BCUT2D eigenvalue weighted by molar-refractivity contribution is 0.111. The van der Waals surface area contributed by atoms with Crippen molar-refractivity contribution in [2.24, 2.45) is 0 Å². The van der Waals surface area contributed by atoms with Crippen LogP contribution in [0.15, 0.2) is 36.5 Å². The first-order valence-electron chi connectivity index (χ1n) is 5.59. The molecule has 0 atom stereocenters. The van der Waals surface area contributed by atoms with Crippen molar-refractivity contribution in [1.82, 2.24) is 4.98 Å². The van der Waals surface area contributed by atoms with E-state index in [1.54, 1.807) is 37.3 Å². The molecule has 0 saturated heterocycles. The molecule has 2 aromatic rings. The lowest BCUT2D eigenvalue weighted by atomic mass is 10.1. The maximum Gasteiger partial charge on any atom is 0.172 e. The van der Waals surface area contributed by atoms with Crippen LogP contribution in [0.2, 0.25) is 0 Å². The molecule has 0 aliphatic heterocycles. The Morgan fingerprint density at radius 3 is 2.78 bits per heavy atom. The molecule has 0 bridgehead atoms. The van der Waals surface area contributed by atoms with Crippen LogP contribution in [-0.4, -0.2) is 17.9 Å². The zero-order valence-electron chi connectivity index (χ0n) is 9.89. The average Bonchev–Trinajstić information content (AvgIpc) is 2.42. The van der Waals surface area contributed by atoms with Crippen molar-refractivity contribution in [1.29, 1.82) is 0 Å². The molecule has 2 rings (SSSR count). The summed E-state index contributed by atoms with van der Waals surface area (Å²) in [6.07, 6.45) is 2.12. The number of carbonyl (C=O) groups excluding carboxylic acids is 1. The molecule has 0 spiro atoms. The second kappa shape index (κ2) is 5.40. The summed E-state index contributed by atoms with van der Waals surface area (Å²) in [5, 5.41) is 0. The van der Waals surface area contributed by atoms with E-state index < -0.39 is 5.82 Å². The van der Waals surface area contributed by atoms with Crippen molar-refractivity contribution in [3.05, 3.63) is 48.0 Å². The Balaban J connectivity index is 2.43. The number of hydrogen-bond acceptors (Lipinski definition) is 3. The van der Waals surface area contributed by atoms with Gasteiger partial charge in [0.05, 0.1) is 6.61 Å². The predicted octanol–water partition coefficient (Wildman–Crippen LogP) is 3.10. The summed E-state index contributed by atoms with van der Waals surface area (Å²) >= 11 is 0. The molecule has 3 nitrogen and oxygen atoms in total. The number of aromatic nitrogens is 1. The van der Waals surface area contributed by atoms with Crippen LogP contribution >= 0.6 is 0 Å². The first-order chi connectivity index (χ1) is 8.76. The maximum absolute atomic E-state index is 14.1. The van der Waals surface area contributed by atoms with Gasteiger partial charge < -0.3 is 4.74 Å². The molecular weight excluding hydrogens is 233 g/mol. The normalized spacial score (nSPS) is 10.1. The highest BCUT2D eigenvalue weighted by Gasteiger charge is 2.10. The Morgan fingerprint density at radius 2 is 2.17 bits per heavy atom. The van der Waals surface area contributed by atoms with Crippen LogP contribution in [0.25, 0.3) is 11.1 Å². The van der Waals surface area contributed by atoms with Gasteiger partial charge in [-0.1, -0.05) is 18.2 Å². The Hall–Kier alpha value is -2.23. The fourth-order valence-electron chi connectivity index (χ4n) is 1.64. The number of rotatable bonds is 4. The number of nitrogens with zero attached hydrogens (tertiary/aromatic N) is 1. The van der Waals surface area contributed by atoms with Gasteiger partial charge in [-0.05, 0) is 19.1 Å². The Bertz CT molecular complexity index is 552. The molecule has 0 N–H and O–H groups in total. The molecule has 1 aromatic heterocycles.